The molecule has 0 saturated carbocycles. The summed E-state index contributed by atoms with van der Waals surface area (Å²) in [7, 11) is 0. The minimum atomic E-state index is -1.03. The molecule has 1 atom stereocenters. The van der Waals surface area contributed by atoms with Crippen molar-refractivity contribution in [1.29, 1.82) is 0 Å². The van der Waals surface area contributed by atoms with Gasteiger partial charge in [0, 0.05) is 31.7 Å². The first-order valence-corrected chi connectivity index (χ1v) is 9.82. The highest BCUT2D eigenvalue weighted by molar-refractivity contribution is 5.94. The number of benzene rings is 3. The molecule has 1 aliphatic rings. The Kier molecular flexibility index (Phi) is 5.86. The normalized spacial score (nSPS) is 15.8. The first-order chi connectivity index (χ1) is 14.5. The quantitative estimate of drug-likeness (QED) is 0.625. The van der Waals surface area contributed by atoms with Gasteiger partial charge in [-0.25, -0.2) is 13.2 Å². The molecular formula is C24H21F3N2O. The van der Waals surface area contributed by atoms with Crippen LogP contribution in [0.2, 0.25) is 0 Å². The molecule has 6 heteroatoms. The minimum Gasteiger partial charge on any atom is -0.336 e. The van der Waals surface area contributed by atoms with Gasteiger partial charge in [-0.1, -0.05) is 42.5 Å². The lowest BCUT2D eigenvalue weighted by atomic mass is 9.96. The summed E-state index contributed by atoms with van der Waals surface area (Å²) in [6.45, 7) is 2.13. The van der Waals surface area contributed by atoms with Gasteiger partial charge in [-0.15, -0.1) is 0 Å². The maximum absolute atomic E-state index is 13.5. The predicted molar refractivity (Wildman–Crippen MR) is 109 cm³/mol. The zero-order chi connectivity index (χ0) is 21.1. The second-order valence-corrected chi connectivity index (χ2v) is 7.32. The molecule has 4 rings (SSSR count). The zero-order valence-corrected chi connectivity index (χ0v) is 16.3. The number of nitrogens with zero attached hydrogens (tertiary/aromatic N) is 2. The number of carbonyl (C=O) groups excluding carboxylic acids is 1. The van der Waals surface area contributed by atoms with Crippen LogP contribution in [0.5, 0.6) is 0 Å². The fraction of sp³-hybridized carbons (Fsp3) is 0.208. The molecule has 0 aromatic heterocycles. The first kappa shape index (κ1) is 20.2. The average Bonchev–Trinajstić information content (AvgIpc) is 2.78. The number of amides is 1. The molecule has 3 nitrogen and oxygen atoms in total. The monoisotopic (exact) mass is 410 g/mol. The van der Waals surface area contributed by atoms with E-state index in [1.165, 1.54) is 18.2 Å². The number of hydrogen-bond donors (Lipinski definition) is 0. The van der Waals surface area contributed by atoms with Gasteiger partial charge in [0.25, 0.3) is 5.91 Å². The highest BCUT2D eigenvalue weighted by Crippen LogP contribution is 2.30. The molecule has 0 unspecified atom stereocenters. The molecule has 0 radical (unpaired) electrons. The van der Waals surface area contributed by atoms with Crippen LogP contribution < -0.4 is 0 Å². The average molecular weight is 410 g/mol. The highest BCUT2D eigenvalue weighted by atomic mass is 19.2. The van der Waals surface area contributed by atoms with Crippen LogP contribution in [0, 0.1) is 17.5 Å². The second kappa shape index (κ2) is 8.71. The number of hydrogen-bond acceptors (Lipinski definition) is 2. The van der Waals surface area contributed by atoms with Crippen LogP contribution in [0.1, 0.15) is 27.5 Å². The third-order valence-electron chi connectivity index (χ3n) is 5.43. The van der Waals surface area contributed by atoms with Crippen molar-refractivity contribution in [2.75, 3.05) is 26.2 Å². The summed E-state index contributed by atoms with van der Waals surface area (Å²) in [5, 5.41) is 0. The van der Waals surface area contributed by atoms with Gasteiger partial charge in [-0.05, 0) is 41.5 Å². The molecule has 0 bridgehead atoms. The van der Waals surface area contributed by atoms with E-state index in [-0.39, 0.29) is 23.3 Å². The smallest absolute Gasteiger partial charge is 0.254 e. The molecule has 0 spiro atoms. The van der Waals surface area contributed by atoms with Gasteiger partial charge in [-0.3, -0.25) is 9.69 Å². The molecule has 3 aromatic rings. The minimum absolute atomic E-state index is 0.0627. The molecule has 0 N–H and O–H groups in total. The van der Waals surface area contributed by atoms with Gasteiger partial charge in [-0.2, -0.15) is 0 Å². The van der Waals surface area contributed by atoms with E-state index in [9.17, 15) is 18.0 Å². The van der Waals surface area contributed by atoms with Gasteiger partial charge in [0.1, 0.15) is 5.82 Å². The number of carbonyl (C=O) groups is 1. The van der Waals surface area contributed by atoms with Crippen molar-refractivity contribution in [1.82, 2.24) is 9.80 Å². The summed E-state index contributed by atoms with van der Waals surface area (Å²) < 4.78 is 40.1. The molecule has 30 heavy (non-hydrogen) atoms. The van der Waals surface area contributed by atoms with E-state index >= 15 is 0 Å². The Hall–Kier alpha value is -3.12. The Morgan fingerprint density at radius 3 is 2.00 bits per heavy atom. The molecule has 1 fully saturated rings. The van der Waals surface area contributed by atoms with Crippen LogP contribution in [-0.4, -0.2) is 41.9 Å². The molecule has 1 saturated heterocycles. The molecule has 3 aromatic carbocycles. The number of halogens is 3. The van der Waals surface area contributed by atoms with Crippen molar-refractivity contribution in [2.24, 2.45) is 0 Å². The Balaban J connectivity index is 1.52. The highest BCUT2D eigenvalue weighted by Gasteiger charge is 2.28. The van der Waals surface area contributed by atoms with Gasteiger partial charge < -0.3 is 4.90 Å². The van der Waals surface area contributed by atoms with E-state index in [0.29, 0.717) is 26.2 Å². The summed E-state index contributed by atoms with van der Waals surface area (Å²) in [6, 6.07) is 19.6. The molecule has 1 heterocycles. The van der Waals surface area contributed by atoms with Crippen LogP contribution in [0.3, 0.4) is 0 Å². The Bertz CT molecular complexity index is 1020. The summed E-state index contributed by atoms with van der Waals surface area (Å²) >= 11 is 0. The lowest BCUT2D eigenvalue weighted by Crippen LogP contribution is -2.49. The van der Waals surface area contributed by atoms with Crippen molar-refractivity contribution in [2.45, 2.75) is 6.04 Å². The van der Waals surface area contributed by atoms with Crippen molar-refractivity contribution >= 4 is 5.91 Å². The van der Waals surface area contributed by atoms with Gasteiger partial charge in [0.2, 0.25) is 0 Å². The molecule has 154 valence electrons. The fourth-order valence-corrected chi connectivity index (χ4v) is 3.89. The Labute approximate surface area is 173 Å². The Morgan fingerprint density at radius 2 is 1.37 bits per heavy atom. The van der Waals surface area contributed by atoms with Crippen molar-refractivity contribution in [3.63, 3.8) is 0 Å². The van der Waals surface area contributed by atoms with E-state index in [1.54, 1.807) is 17.0 Å². The van der Waals surface area contributed by atoms with Crippen molar-refractivity contribution in [3.05, 3.63) is 107 Å². The number of piperazine rings is 1. The molecule has 1 amide bonds. The van der Waals surface area contributed by atoms with Crippen molar-refractivity contribution in [3.8, 4) is 0 Å². The van der Waals surface area contributed by atoms with Gasteiger partial charge in [0.15, 0.2) is 11.6 Å². The van der Waals surface area contributed by atoms with E-state index in [4.69, 9.17) is 0 Å². The largest absolute Gasteiger partial charge is 0.336 e. The first-order valence-electron chi connectivity index (χ1n) is 9.82. The standard InChI is InChI=1S/C24H21F3N2O/c25-20-9-6-18(7-10-20)23(17-4-2-1-3-5-17)28-12-14-29(15-13-28)24(30)19-8-11-21(26)22(27)16-19/h1-11,16,23H,12-15H2/t23-/m1/s1. The van der Waals surface area contributed by atoms with Crippen LogP contribution in [-0.2, 0) is 0 Å². The molecule has 1 aliphatic heterocycles. The third kappa shape index (κ3) is 4.24. The maximum atomic E-state index is 13.5. The third-order valence-corrected chi connectivity index (χ3v) is 5.43. The van der Waals surface area contributed by atoms with Gasteiger partial charge >= 0.3 is 0 Å². The topological polar surface area (TPSA) is 23.6 Å². The molecule has 0 aliphatic carbocycles. The number of rotatable bonds is 4. The van der Waals surface area contributed by atoms with Crippen LogP contribution in [0.25, 0.3) is 0 Å². The lowest BCUT2D eigenvalue weighted by molar-refractivity contribution is 0.0596. The van der Waals surface area contributed by atoms with Crippen LogP contribution in [0.15, 0.2) is 72.8 Å². The predicted octanol–water partition coefficient (Wildman–Crippen LogP) is 4.65. The zero-order valence-electron chi connectivity index (χ0n) is 16.3. The second-order valence-electron chi connectivity index (χ2n) is 7.32. The van der Waals surface area contributed by atoms with E-state index in [1.807, 2.05) is 30.3 Å². The summed E-state index contributed by atoms with van der Waals surface area (Å²) in [5.74, 6) is -2.60. The molecular weight excluding hydrogens is 389 g/mol. The van der Waals surface area contributed by atoms with Gasteiger partial charge in [0.05, 0.1) is 6.04 Å². The summed E-state index contributed by atoms with van der Waals surface area (Å²) in [4.78, 5) is 16.6. The maximum Gasteiger partial charge on any atom is 0.254 e. The Morgan fingerprint density at radius 1 is 0.733 bits per heavy atom. The lowest BCUT2D eigenvalue weighted by Gasteiger charge is -2.39. The summed E-state index contributed by atoms with van der Waals surface area (Å²) in [6.07, 6.45) is 0. The van der Waals surface area contributed by atoms with E-state index in [2.05, 4.69) is 4.90 Å². The van der Waals surface area contributed by atoms with Crippen LogP contribution in [0.4, 0.5) is 13.2 Å². The fourth-order valence-electron chi connectivity index (χ4n) is 3.89. The van der Waals surface area contributed by atoms with E-state index in [0.717, 1.165) is 23.3 Å². The van der Waals surface area contributed by atoms with E-state index < -0.39 is 11.6 Å². The van der Waals surface area contributed by atoms with Crippen LogP contribution >= 0.6 is 0 Å². The summed E-state index contributed by atoms with van der Waals surface area (Å²) in [5.41, 5.74) is 2.20. The SMILES string of the molecule is O=C(c1ccc(F)c(F)c1)N1CCN([C@H](c2ccccc2)c2ccc(F)cc2)CC1. The van der Waals surface area contributed by atoms with Crippen molar-refractivity contribution < 1.29 is 18.0 Å².